The van der Waals surface area contributed by atoms with Gasteiger partial charge in [-0.3, -0.25) is 14.1 Å². The number of rotatable bonds is 5. The molecule has 0 atom stereocenters. The van der Waals surface area contributed by atoms with E-state index in [1.807, 2.05) is 31.2 Å². The average Bonchev–Trinajstić information content (AvgIpc) is 3.33. The molecule has 166 valence electrons. The van der Waals surface area contributed by atoms with Crippen molar-refractivity contribution in [1.82, 2.24) is 19.6 Å². The number of benzene rings is 1. The molecule has 0 N–H and O–H groups in total. The van der Waals surface area contributed by atoms with Crippen LogP contribution in [0.1, 0.15) is 23.7 Å². The molecule has 4 rings (SSSR count). The van der Waals surface area contributed by atoms with Gasteiger partial charge in [-0.15, -0.1) is 21.5 Å². The molecule has 0 spiro atoms. The van der Waals surface area contributed by atoms with E-state index in [4.69, 9.17) is 11.6 Å². The van der Waals surface area contributed by atoms with Crippen molar-refractivity contribution in [3.63, 3.8) is 0 Å². The standard InChI is InChI=1S/C20H15ClF3N5OS2/c1-11-4-3-5-15(6-11)29(12(2)30)18-25-14(9-31-18)10-32-19-27-26-17-16(21)7-13(8-28(17)19)20(22,23)24/h3-9H,10H2,1-2H3. The summed E-state index contributed by atoms with van der Waals surface area (Å²) >= 11 is 8.43. The average molecular weight is 498 g/mol. The third-order valence-corrected chi connectivity index (χ3v) is 6.54. The summed E-state index contributed by atoms with van der Waals surface area (Å²) < 4.78 is 40.6. The van der Waals surface area contributed by atoms with E-state index in [1.165, 1.54) is 39.3 Å². The molecule has 0 aliphatic carbocycles. The first-order chi connectivity index (χ1) is 15.1. The van der Waals surface area contributed by atoms with E-state index in [9.17, 15) is 18.0 Å². The second kappa shape index (κ2) is 8.72. The zero-order valence-electron chi connectivity index (χ0n) is 16.7. The van der Waals surface area contributed by atoms with Gasteiger partial charge in [0.15, 0.2) is 15.9 Å². The number of thioether (sulfide) groups is 1. The second-order valence-corrected chi connectivity index (χ2v) is 9.04. The van der Waals surface area contributed by atoms with Gasteiger partial charge in [-0.25, -0.2) is 4.98 Å². The third kappa shape index (κ3) is 4.59. The lowest BCUT2D eigenvalue weighted by molar-refractivity contribution is -0.137. The highest BCUT2D eigenvalue weighted by molar-refractivity contribution is 7.98. The molecule has 12 heteroatoms. The van der Waals surface area contributed by atoms with Crippen molar-refractivity contribution in [3.05, 3.63) is 63.8 Å². The fourth-order valence-electron chi connectivity index (χ4n) is 2.98. The molecule has 0 fully saturated rings. The number of carbonyl (C=O) groups excluding carboxylic acids is 1. The van der Waals surface area contributed by atoms with Gasteiger partial charge < -0.3 is 0 Å². The predicted octanol–water partition coefficient (Wildman–Crippen LogP) is 6.14. The SMILES string of the molecule is CC(=O)N(c1cccc(C)c1)c1nc(CSc2nnc3c(Cl)cc(C(F)(F)F)cn23)cs1. The molecule has 0 bridgehead atoms. The van der Waals surface area contributed by atoms with Crippen molar-refractivity contribution in [3.8, 4) is 0 Å². The molecular formula is C20H15ClF3N5OS2. The molecule has 1 aromatic carbocycles. The highest BCUT2D eigenvalue weighted by atomic mass is 35.5. The van der Waals surface area contributed by atoms with Crippen molar-refractivity contribution >= 4 is 57.1 Å². The fraction of sp³-hybridized carbons (Fsp3) is 0.200. The number of hydrogen-bond donors (Lipinski definition) is 0. The molecule has 4 aromatic rings. The van der Waals surface area contributed by atoms with Crippen molar-refractivity contribution in [2.24, 2.45) is 0 Å². The topological polar surface area (TPSA) is 63.4 Å². The summed E-state index contributed by atoms with van der Waals surface area (Å²) in [5.74, 6) is 0.145. The van der Waals surface area contributed by atoms with Gasteiger partial charge in [-0.05, 0) is 30.7 Å². The van der Waals surface area contributed by atoms with Crippen molar-refractivity contribution in [1.29, 1.82) is 0 Å². The smallest absolute Gasteiger partial charge is 0.276 e. The highest BCUT2D eigenvalue weighted by Gasteiger charge is 2.32. The molecule has 0 aliphatic rings. The maximum atomic E-state index is 13.1. The van der Waals surface area contributed by atoms with E-state index in [1.54, 1.807) is 5.38 Å². The lowest BCUT2D eigenvalue weighted by Crippen LogP contribution is -2.22. The molecule has 32 heavy (non-hydrogen) atoms. The number of anilines is 2. The normalized spacial score (nSPS) is 11.8. The van der Waals surface area contributed by atoms with Crippen LogP contribution in [0.5, 0.6) is 0 Å². The minimum atomic E-state index is -4.54. The predicted molar refractivity (Wildman–Crippen MR) is 119 cm³/mol. The van der Waals surface area contributed by atoms with E-state index in [-0.39, 0.29) is 21.7 Å². The maximum Gasteiger partial charge on any atom is 0.417 e. The monoisotopic (exact) mass is 497 g/mol. The number of pyridine rings is 1. The van der Waals surface area contributed by atoms with Gasteiger partial charge in [0.2, 0.25) is 5.91 Å². The van der Waals surface area contributed by atoms with Gasteiger partial charge in [0.1, 0.15) is 0 Å². The van der Waals surface area contributed by atoms with E-state index < -0.39 is 11.7 Å². The number of amides is 1. The number of alkyl halides is 3. The van der Waals surface area contributed by atoms with Crippen molar-refractivity contribution in [2.45, 2.75) is 30.9 Å². The maximum absolute atomic E-state index is 13.1. The van der Waals surface area contributed by atoms with Gasteiger partial charge in [0.25, 0.3) is 0 Å². The van der Waals surface area contributed by atoms with Crippen LogP contribution < -0.4 is 4.90 Å². The Morgan fingerprint density at radius 2 is 2.06 bits per heavy atom. The fourth-order valence-corrected chi connectivity index (χ4v) is 5.03. The summed E-state index contributed by atoms with van der Waals surface area (Å²) in [6, 6.07) is 8.34. The molecular weight excluding hydrogens is 483 g/mol. The van der Waals surface area contributed by atoms with Crippen LogP contribution in [0, 0.1) is 6.92 Å². The minimum absolute atomic E-state index is 0.134. The largest absolute Gasteiger partial charge is 0.417 e. The highest BCUT2D eigenvalue weighted by Crippen LogP contribution is 2.35. The first-order valence-electron chi connectivity index (χ1n) is 9.19. The van der Waals surface area contributed by atoms with E-state index >= 15 is 0 Å². The summed E-state index contributed by atoms with van der Waals surface area (Å²) in [6.07, 6.45) is -3.62. The number of nitrogens with zero attached hydrogens (tertiary/aromatic N) is 5. The second-order valence-electron chi connectivity index (χ2n) is 6.85. The van der Waals surface area contributed by atoms with Crippen LogP contribution in [0.25, 0.3) is 5.65 Å². The Morgan fingerprint density at radius 3 is 2.75 bits per heavy atom. The summed E-state index contributed by atoms with van der Waals surface area (Å²) in [7, 11) is 0. The van der Waals surface area contributed by atoms with Gasteiger partial charge in [0.05, 0.1) is 22.0 Å². The van der Waals surface area contributed by atoms with E-state index in [0.29, 0.717) is 22.3 Å². The first-order valence-corrected chi connectivity index (χ1v) is 11.4. The lowest BCUT2D eigenvalue weighted by atomic mass is 10.2. The molecule has 0 aliphatic heterocycles. The Balaban J connectivity index is 1.57. The number of hydrogen-bond acceptors (Lipinski definition) is 6. The van der Waals surface area contributed by atoms with Crippen LogP contribution in [0.4, 0.5) is 24.0 Å². The Morgan fingerprint density at radius 1 is 1.28 bits per heavy atom. The molecule has 0 unspecified atom stereocenters. The molecule has 3 heterocycles. The van der Waals surface area contributed by atoms with Gasteiger partial charge >= 0.3 is 6.18 Å². The van der Waals surface area contributed by atoms with Gasteiger partial charge in [-0.1, -0.05) is 35.5 Å². The Hall–Kier alpha value is -2.63. The molecule has 3 aromatic heterocycles. The van der Waals surface area contributed by atoms with Crippen LogP contribution in [0.15, 0.2) is 47.1 Å². The Kier molecular flexibility index (Phi) is 6.15. The number of fused-ring (bicyclic) bond motifs is 1. The minimum Gasteiger partial charge on any atom is -0.276 e. The van der Waals surface area contributed by atoms with Crippen LogP contribution in [0.2, 0.25) is 5.02 Å². The number of thiazole rings is 1. The molecule has 0 saturated heterocycles. The van der Waals surface area contributed by atoms with Crippen LogP contribution in [-0.4, -0.2) is 25.5 Å². The lowest BCUT2D eigenvalue weighted by Gasteiger charge is -2.18. The summed E-state index contributed by atoms with van der Waals surface area (Å²) in [6.45, 7) is 3.40. The number of aromatic nitrogens is 4. The van der Waals surface area contributed by atoms with Crippen LogP contribution in [0.3, 0.4) is 0 Å². The molecule has 0 saturated carbocycles. The number of carbonyl (C=O) groups is 1. The van der Waals surface area contributed by atoms with E-state index in [0.717, 1.165) is 17.8 Å². The van der Waals surface area contributed by atoms with Crippen molar-refractivity contribution < 1.29 is 18.0 Å². The summed E-state index contributed by atoms with van der Waals surface area (Å²) in [4.78, 5) is 18.3. The number of halogens is 4. The number of aryl methyl sites for hydroxylation is 1. The van der Waals surface area contributed by atoms with Crippen LogP contribution in [-0.2, 0) is 16.7 Å². The summed E-state index contributed by atoms with van der Waals surface area (Å²) in [5, 5.41) is 10.3. The third-order valence-electron chi connectivity index (χ3n) is 4.41. The van der Waals surface area contributed by atoms with Gasteiger partial charge in [-0.2, -0.15) is 13.2 Å². The molecule has 6 nitrogen and oxygen atoms in total. The zero-order valence-corrected chi connectivity index (χ0v) is 19.1. The van der Waals surface area contributed by atoms with Crippen LogP contribution >= 0.6 is 34.7 Å². The summed E-state index contributed by atoms with van der Waals surface area (Å²) in [5.41, 5.74) is 1.63. The first kappa shape index (κ1) is 22.6. The van der Waals surface area contributed by atoms with Crippen molar-refractivity contribution in [2.75, 3.05) is 4.90 Å². The molecule has 1 amide bonds. The van der Waals surface area contributed by atoms with E-state index in [2.05, 4.69) is 15.2 Å². The quantitative estimate of drug-likeness (QED) is 0.310. The Bertz CT molecular complexity index is 1300. The van der Waals surface area contributed by atoms with Gasteiger partial charge in [0, 0.05) is 24.3 Å². The zero-order chi connectivity index (χ0) is 23.0. The molecule has 0 radical (unpaired) electrons. The Labute approximate surface area is 194 Å².